The van der Waals surface area contributed by atoms with Crippen molar-refractivity contribution in [1.82, 2.24) is 15.2 Å². The van der Waals surface area contributed by atoms with Crippen LogP contribution >= 0.6 is 0 Å². The van der Waals surface area contributed by atoms with E-state index in [9.17, 15) is 4.79 Å². The fraction of sp³-hybridized carbons (Fsp3) is 0.174. The molecule has 0 aliphatic carbocycles. The number of ether oxygens (including phenoxy) is 1. The van der Waals surface area contributed by atoms with Crippen LogP contribution in [0.3, 0.4) is 0 Å². The smallest absolute Gasteiger partial charge is 0.247 e. The monoisotopic (exact) mass is 399 g/mol. The number of likely N-dealkylation sites (N-methyl/N-ethyl adjacent to an activating group) is 1. The Kier molecular flexibility index (Phi) is 4.35. The van der Waals surface area contributed by atoms with Gasteiger partial charge in [-0.15, -0.1) is 0 Å². The molecule has 0 spiro atoms. The average Bonchev–Trinajstić information content (AvgIpc) is 3.19. The number of aromatic amines is 1. The molecule has 2 aromatic carbocycles. The van der Waals surface area contributed by atoms with Gasteiger partial charge in [0.25, 0.3) is 0 Å². The van der Waals surface area contributed by atoms with E-state index in [1.54, 1.807) is 13.3 Å². The molecule has 1 unspecified atom stereocenters. The van der Waals surface area contributed by atoms with Gasteiger partial charge in [-0.1, -0.05) is 30.3 Å². The summed E-state index contributed by atoms with van der Waals surface area (Å²) in [6.07, 6.45) is 2.34. The van der Waals surface area contributed by atoms with Gasteiger partial charge in [0, 0.05) is 36.7 Å². The van der Waals surface area contributed by atoms with Crippen LogP contribution in [-0.4, -0.2) is 41.3 Å². The van der Waals surface area contributed by atoms with Crippen LogP contribution in [0.15, 0.2) is 60.8 Å². The van der Waals surface area contributed by atoms with Crippen molar-refractivity contribution in [2.24, 2.45) is 0 Å². The Balaban J connectivity index is 1.56. The summed E-state index contributed by atoms with van der Waals surface area (Å²) in [7, 11) is 3.56. The molecule has 30 heavy (non-hydrogen) atoms. The Morgan fingerprint density at radius 1 is 1.13 bits per heavy atom. The van der Waals surface area contributed by atoms with Crippen LogP contribution < -0.4 is 15.0 Å². The Hall–Kier alpha value is -3.87. The average molecular weight is 399 g/mol. The number of nitrogens with one attached hydrogen (secondary N) is 2. The van der Waals surface area contributed by atoms with Crippen molar-refractivity contribution in [3.63, 3.8) is 0 Å². The first-order valence-electron chi connectivity index (χ1n) is 9.74. The van der Waals surface area contributed by atoms with E-state index < -0.39 is 0 Å². The molecular weight excluding hydrogens is 378 g/mol. The van der Waals surface area contributed by atoms with Crippen molar-refractivity contribution < 1.29 is 9.53 Å². The number of methoxy groups -OCH3 is 1. The second-order valence-electron chi connectivity index (χ2n) is 7.38. The number of rotatable bonds is 4. The van der Waals surface area contributed by atoms with Crippen molar-refractivity contribution in [3.8, 4) is 17.1 Å². The summed E-state index contributed by atoms with van der Waals surface area (Å²) in [5.41, 5.74) is 5.46. The number of H-pyrrole nitrogens is 1. The lowest BCUT2D eigenvalue weighted by molar-refractivity contribution is -0.117. The van der Waals surface area contributed by atoms with E-state index in [0.717, 1.165) is 39.1 Å². The van der Waals surface area contributed by atoms with E-state index in [-0.39, 0.29) is 11.9 Å². The van der Waals surface area contributed by atoms with Crippen molar-refractivity contribution in [1.29, 1.82) is 0 Å². The van der Waals surface area contributed by atoms with E-state index in [1.165, 1.54) is 0 Å². The van der Waals surface area contributed by atoms with Crippen molar-refractivity contribution in [2.45, 2.75) is 12.5 Å². The maximum Gasteiger partial charge on any atom is 0.247 e. The number of aromatic nitrogens is 3. The van der Waals surface area contributed by atoms with E-state index in [2.05, 4.69) is 26.6 Å². The SMILES string of the molecule is COc1cc(-c2n[nH]c3cc4c(cc23)N(C)C(Cc2ccccc2)C(=O)N4)ccn1. The second kappa shape index (κ2) is 7.18. The third-order valence-corrected chi connectivity index (χ3v) is 5.58. The topological polar surface area (TPSA) is 83.1 Å². The third-order valence-electron chi connectivity index (χ3n) is 5.58. The number of fused-ring (bicyclic) bond motifs is 2. The fourth-order valence-corrected chi connectivity index (χ4v) is 3.96. The van der Waals surface area contributed by atoms with E-state index in [4.69, 9.17) is 4.74 Å². The molecule has 2 N–H and O–H groups in total. The minimum Gasteiger partial charge on any atom is -0.481 e. The molecule has 0 radical (unpaired) electrons. The first kappa shape index (κ1) is 18.2. The molecule has 1 aliphatic rings. The van der Waals surface area contributed by atoms with Crippen LogP contribution in [-0.2, 0) is 11.2 Å². The lowest BCUT2D eigenvalue weighted by atomic mass is 9.99. The number of pyridine rings is 1. The summed E-state index contributed by atoms with van der Waals surface area (Å²) in [6.45, 7) is 0. The van der Waals surface area contributed by atoms with E-state index in [1.807, 2.05) is 60.5 Å². The third kappa shape index (κ3) is 3.04. The largest absolute Gasteiger partial charge is 0.481 e. The number of nitrogens with zero attached hydrogens (tertiary/aromatic N) is 3. The molecule has 5 rings (SSSR count). The normalized spacial score (nSPS) is 15.7. The standard InChI is InChI=1S/C23H21N5O2/c1-28-19-12-16-17(26-27-22(16)15-8-9-24-21(11-15)30-2)13-18(19)25-23(29)20(28)10-14-6-4-3-5-7-14/h3-9,11-13,20H,10H2,1-2H3,(H,25,29)(H,26,27). The quantitative estimate of drug-likeness (QED) is 0.548. The zero-order valence-electron chi connectivity index (χ0n) is 16.7. The van der Waals surface area contributed by atoms with Gasteiger partial charge in [0.05, 0.1) is 24.0 Å². The maximum atomic E-state index is 12.8. The van der Waals surface area contributed by atoms with Crippen LogP contribution in [0, 0.1) is 0 Å². The fourth-order valence-electron chi connectivity index (χ4n) is 3.96. The predicted molar refractivity (Wildman–Crippen MR) is 117 cm³/mol. The van der Waals surface area contributed by atoms with E-state index in [0.29, 0.717) is 12.3 Å². The Morgan fingerprint density at radius 3 is 2.77 bits per heavy atom. The lowest BCUT2D eigenvalue weighted by Crippen LogP contribution is -2.47. The van der Waals surface area contributed by atoms with Gasteiger partial charge in [-0.25, -0.2) is 4.98 Å². The van der Waals surface area contributed by atoms with Crippen molar-refractivity contribution in [2.75, 3.05) is 24.4 Å². The molecule has 1 atom stereocenters. The molecule has 1 aliphatic heterocycles. The van der Waals surface area contributed by atoms with Gasteiger partial charge in [0.2, 0.25) is 11.8 Å². The Morgan fingerprint density at radius 2 is 1.97 bits per heavy atom. The molecule has 0 saturated carbocycles. The van der Waals surface area contributed by atoms with Crippen LogP contribution in [0.4, 0.5) is 11.4 Å². The second-order valence-corrected chi connectivity index (χ2v) is 7.38. The van der Waals surface area contributed by atoms with Gasteiger partial charge in [0.15, 0.2) is 0 Å². The molecule has 0 saturated heterocycles. The predicted octanol–water partition coefficient (Wildman–Crippen LogP) is 3.63. The summed E-state index contributed by atoms with van der Waals surface area (Å²) in [5, 5.41) is 11.6. The zero-order valence-corrected chi connectivity index (χ0v) is 16.7. The molecule has 7 heteroatoms. The molecule has 4 aromatic rings. The number of carbonyl (C=O) groups is 1. The molecule has 1 amide bonds. The minimum absolute atomic E-state index is 0.00758. The minimum atomic E-state index is -0.284. The molecule has 0 bridgehead atoms. The number of hydrogen-bond acceptors (Lipinski definition) is 5. The van der Waals surface area contributed by atoms with Crippen LogP contribution in [0.2, 0.25) is 0 Å². The van der Waals surface area contributed by atoms with Gasteiger partial charge in [0.1, 0.15) is 11.7 Å². The van der Waals surface area contributed by atoms with Crippen molar-refractivity contribution >= 4 is 28.2 Å². The summed E-state index contributed by atoms with van der Waals surface area (Å²) in [6, 6.07) is 17.6. The highest BCUT2D eigenvalue weighted by Gasteiger charge is 2.31. The number of benzene rings is 2. The van der Waals surface area contributed by atoms with Crippen LogP contribution in [0.5, 0.6) is 5.88 Å². The first-order chi connectivity index (χ1) is 14.6. The summed E-state index contributed by atoms with van der Waals surface area (Å²) in [4.78, 5) is 19.0. The number of amides is 1. The summed E-state index contributed by atoms with van der Waals surface area (Å²) in [5.74, 6) is 0.528. The first-order valence-corrected chi connectivity index (χ1v) is 9.74. The van der Waals surface area contributed by atoms with Crippen LogP contribution in [0.25, 0.3) is 22.2 Å². The highest BCUT2D eigenvalue weighted by Crippen LogP contribution is 2.38. The van der Waals surface area contributed by atoms with Gasteiger partial charge in [-0.2, -0.15) is 5.10 Å². The van der Waals surface area contributed by atoms with Crippen LogP contribution in [0.1, 0.15) is 5.56 Å². The molecule has 0 fully saturated rings. The molecule has 150 valence electrons. The highest BCUT2D eigenvalue weighted by atomic mass is 16.5. The highest BCUT2D eigenvalue weighted by molar-refractivity contribution is 6.08. The summed E-state index contributed by atoms with van der Waals surface area (Å²) < 4.78 is 5.25. The van der Waals surface area contributed by atoms with Gasteiger partial charge in [-0.3, -0.25) is 9.89 Å². The number of anilines is 2. The maximum absolute atomic E-state index is 12.8. The van der Waals surface area contributed by atoms with Gasteiger partial charge < -0.3 is 15.0 Å². The van der Waals surface area contributed by atoms with Gasteiger partial charge in [-0.05, 0) is 23.8 Å². The number of carbonyl (C=O) groups excluding carboxylic acids is 1. The number of hydrogen-bond donors (Lipinski definition) is 2. The van der Waals surface area contributed by atoms with Crippen molar-refractivity contribution in [3.05, 3.63) is 66.4 Å². The molecule has 3 heterocycles. The Labute approximate surface area is 173 Å². The van der Waals surface area contributed by atoms with Gasteiger partial charge >= 0.3 is 0 Å². The lowest BCUT2D eigenvalue weighted by Gasteiger charge is -2.35. The van der Waals surface area contributed by atoms with E-state index >= 15 is 0 Å². The molecule has 7 nitrogen and oxygen atoms in total. The summed E-state index contributed by atoms with van der Waals surface area (Å²) >= 11 is 0. The molecular formula is C23H21N5O2. The Bertz CT molecular complexity index is 1240. The molecule has 2 aromatic heterocycles. The zero-order chi connectivity index (χ0) is 20.7.